The molecule has 0 nitrogen and oxygen atoms in total. The van der Waals surface area contributed by atoms with Gasteiger partial charge in [-0.25, -0.2) is 0 Å². The normalized spacial score (nSPS) is 11.3. The Balaban J connectivity index is 1.50. The van der Waals surface area contributed by atoms with Crippen LogP contribution in [0.3, 0.4) is 0 Å². The fourth-order valence-electron chi connectivity index (χ4n) is 6.38. The first kappa shape index (κ1) is 24.3. The van der Waals surface area contributed by atoms with E-state index in [1.165, 1.54) is 76.8 Å². The van der Waals surface area contributed by atoms with E-state index in [1.54, 1.807) is 0 Å². The van der Waals surface area contributed by atoms with Crippen molar-refractivity contribution < 1.29 is 0 Å². The highest BCUT2D eigenvalue weighted by atomic mass is 14.2. The molecule has 0 atom stereocenters. The smallest absolute Gasteiger partial charge is 0.00923 e. The van der Waals surface area contributed by atoms with Crippen LogP contribution in [0.2, 0.25) is 0 Å². The van der Waals surface area contributed by atoms with Crippen LogP contribution >= 0.6 is 0 Å². The zero-order chi connectivity index (χ0) is 27.9. The molecule has 0 N–H and O–H groups in total. The van der Waals surface area contributed by atoms with E-state index >= 15 is 0 Å². The van der Waals surface area contributed by atoms with Gasteiger partial charge in [0.1, 0.15) is 0 Å². The fraction of sp³-hybridized carbons (Fsp3) is 0. The third-order valence-corrected chi connectivity index (χ3v) is 8.45. The van der Waals surface area contributed by atoms with Crippen LogP contribution in [0.25, 0.3) is 76.8 Å². The lowest BCUT2D eigenvalue weighted by Crippen LogP contribution is -1.90. The molecule has 8 aromatic carbocycles. The molecule has 0 amide bonds. The third kappa shape index (κ3) is 4.17. The van der Waals surface area contributed by atoms with Crippen LogP contribution in [0.1, 0.15) is 0 Å². The van der Waals surface area contributed by atoms with Crippen LogP contribution in [0.15, 0.2) is 170 Å². The van der Waals surface area contributed by atoms with Crippen LogP contribution in [0, 0.1) is 0 Å². The van der Waals surface area contributed by atoms with Crippen LogP contribution in [0.5, 0.6) is 0 Å². The molecule has 0 spiro atoms. The van der Waals surface area contributed by atoms with Gasteiger partial charge in [-0.15, -0.1) is 0 Å². The Kier molecular flexibility index (Phi) is 5.90. The molecule has 0 fully saturated rings. The highest BCUT2D eigenvalue weighted by Crippen LogP contribution is 2.43. The summed E-state index contributed by atoms with van der Waals surface area (Å²) in [4.78, 5) is 0. The van der Waals surface area contributed by atoms with E-state index in [9.17, 15) is 0 Å². The molecule has 0 unspecified atom stereocenters. The maximum Gasteiger partial charge on any atom is -0.00923 e. The summed E-state index contributed by atoms with van der Waals surface area (Å²) in [5, 5.41) is 7.66. The maximum absolute atomic E-state index is 2.42. The Morgan fingerprint density at radius 2 is 0.524 bits per heavy atom. The number of rotatable bonds is 4. The Morgan fingerprint density at radius 3 is 0.881 bits per heavy atom. The molecule has 0 saturated heterocycles. The van der Waals surface area contributed by atoms with E-state index in [2.05, 4.69) is 170 Å². The van der Waals surface area contributed by atoms with Crippen LogP contribution in [-0.2, 0) is 0 Å². The summed E-state index contributed by atoms with van der Waals surface area (Å²) in [5.41, 5.74) is 9.92. The van der Waals surface area contributed by atoms with Crippen LogP contribution < -0.4 is 0 Å². The largest absolute Gasteiger partial charge is 0.0622 e. The molecular formula is C42H28. The second-order valence-electron chi connectivity index (χ2n) is 10.9. The predicted molar refractivity (Wildman–Crippen MR) is 181 cm³/mol. The van der Waals surface area contributed by atoms with Crippen LogP contribution in [0.4, 0.5) is 0 Å². The monoisotopic (exact) mass is 532 g/mol. The van der Waals surface area contributed by atoms with Crippen molar-refractivity contribution in [2.24, 2.45) is 0 Å². The minimum atomic E-state index is 1.23. The SMILES string of the molecule is c1ccc(-c2ccc3c(c2)c(-c2ccccc2)cc2c4ccc(-c5ccccc5)cc4c(-c4ccccc4)cc32)cc1. The molecule has 8 aromatic rings. The first-order valence-electron chi connectivity index (χ1n) is 14.5. The van der Waals surface area contributed by atoms with E-state index in [1.807, 2.05) is 0 Å². The molecule has 8 rings (SSSR count). The van der Waals surface area contributed by atoms with E-state index in [4.69, 9.17) is 0 Å². The Morgan fingerprint density at radius 1 is 0.190 bits per heavy atom. The highest BCUT2D eigenvalue weighted by Gasteiger charge is 2.16. The van der Waals surface area contributed by atoms with E-state index in [0.717, 1.165) is 0 Å². The van der Waals surface area contributed by atoms with Gasteiger partial charge in [0.15, 0.2) is 0 Å². The summed E-state index contributed by atoms with van der Waals surface area (Å²) in [6, 6.07) is 61.8. The molecule has 0 saturated carbocycles. The quantitative estimate of drug-likeness (QED) is 0.198. The van der Waals surface area contributed by atoms with Crippen molar-refractivity contribution in [1.82, 2.24) is 0 Å². The van der Waals surface area contributed by atoms with Gasteiger partial charge in [-0.2, -0.15) is 0 Å². The number of benzene rings is 8. The van der Waals surface area contributed by atoms with Crippen molar-refractivity contribution in [3.8, 4) is 44.5 Å². The van der Waals surface area contributed by atoms with Gasteiger partial charge in [0.25, 0.3) is 0 Å². The molecule has 0 aromatic heterocycles. The third-order valence-electron chi connectivity index (χ3n) is 8.45. The minimum Gasteiger partial charge on any atom is -0.0622 e. The van der Waals surface area contributed by atoms with E-state index in [-0.39, 0.29) is 0 Å². The summed E-state index contributed by atoms with van der Waals surface area (Å²) in [6.45, 7) is 0. The van der Waals surface area contributed by atoms with E-state index < -0.39 is 0 Å². The molecule has 0 aliphatic carbocycles. The molecule has 0 radical (unpaired) electrons. The van der Waals surface area contributed by atoms with Crippen molar-refractivity contribution in [2.75, 3.05) is 0 Å². The maximum atomic E-state index is 2.42. The van der Waals surface area contributed by atoms with Gasteiger partial charge in [-0.3, -0.25) is 0 Å². The van der Waals surface area contributed by atoms with Crippen molar-refractivity contribution in [1.29, 1.82) is 0 Å². The number of fused-ring (bicyclic) bond motifs is 5. The molecule has 0 aliphatic heterocycles. The first-order chi connectivity index (χ1) is 20.8. The van der Waals surface area contributed by atoms with Gasteiger partial charge < -0.3 is 0 Å². The average Bonchev–Trinajstić information content (AvgIpc) is 3.08. The highest BCUT2D eigenvalue weighted by molar-refractivity contribution is 6.24. The molecule has 0 heterocycles. The van der Waals surface area contributed by atoms with Crippen LogP contribution in [-0.4, -0.2) is 0 Å². The van der Waals surface area contributed by atoms with Gasteiger partial charge in [0, 0.05) is 0 Å². The van der Waals surface area contributed by atoms with Crippen molar-refractivity contribution in [3.63, 3.8) is 0 Å². The van der Waals surface area contributed by atoms with Gasteiger partial charge in [0.05, 0.1) is 0 Å². The zero-order valence-corrected chi connectivity index (χ0v) is 23.2. The summed E-state index contributed by atoms with van der Waals surface area (Å²) in [6.07, 6.45) is 0. The minimum absolute atomic E-state index is 1.23. The van der Waals surface area contributed by atoms with Gasteiger partial charge in [0.2, 0.25) is 0 Å². The second kappa shape index (κ2) is 10.2. The standard InChI is InChI=1S/C42H28/c1-5-13-29(14-6-1)33-21-23-35-39(25-33)37(31-17-9-3-10-18-31)27-42-36-24-22-34(30-15-7-2-8-16-30)26-40(36)38(28-41(35)42)32-19-11-4-12-20-32/h1-28H. The van der Waals surface area contributed by atoms with Crippen molar-refractivity contribution in [3.05, 3.63) is 170 Å². The second-order valence-corrected chi connectivity index (χ2v) is 10.9. The summed E-state index contributed by atoms with van der Waals surface area (Å²) in [7, 11) is 0. The lowest BCUT2D eigenvalue weighted by molar-refractivity contribution is 1.63. The molecule has 0 aliphatic rings. The number of hydrogen-bond acceptors (Lipinski definition) is 0. The van der Waals surface area contributed by atoms with Gasteiger partial charge in [-0.05, 0) is 101 Å². The van der Waals surface area contributed by atoms with Gasteiger partial charge in [-0.1, -0.05) is 146 Å². The van der Waals surface area contributed by atoms with Gasteiger partial charge >= 0.3 is 0 Å². The predicted octanol–water partition coefficient (Wildman–Crippen LogP) is 11.8. The number of hydrogen-bond donors (Lipinski definition) is 0. The molecule has 0 bridgehead atoms. The lowest BCUT2D eigenvalue weighted by atomic mass is 9.86. The lowest BCUT2D eigenvalue weighted by Gasteiger charge is -2.18. The van der Waals surface area contributed by atoms with Crippen molar-refractivity contribution in [2.45, 2.75) is 0 Å². The summed E-state index contributed by atoms with van der Waals surface area (Å²) < 4.78 is 0. The first-order valence-corrected chi connectivity index (χ1v) is 14.5. The summed E-state index contributed by atoms with van der Waals surface area (Å²) in [5.74, 6) is 0. The Labute approximate surface area is 246 Å². The van der Waals surface area contributed by atoms with Crippen molar-refractivity contribution >= 4 is 32.3 Å². The molecule has 196 valence electrons. The Hall–Kier alpha value is -5.46. The van der Waals surface area contributed by atoms with E-state index in [0.29, 0.717) is 0 Å². The summed E-state index contributed by atoms with van der Waals surface area (Å²) >= 11 is 0. The fourth-order valence-corrected chi connectivity index (χ4v) is 6.38. The Bertz CT molecular complexity index is 2030. The molecular weight excluding hydrogens is 504 g/mol. The average molecular weight is 533 g/mol. The molecule has 42 heavy (non-hydrogen) atoms. The molecule has 0 heteroatoms. The zero-order valence-electron chi connectivity index (χ0n) is 23.2. The topological polar surface area (TPSA) is 0 Å².